The molecule has 0 atom stereocenters. The van der Waals surface area contributed by atoms with Gasteiger partial charge in [-0.05, 0) is 24.3 Å². The van der Waals surface area contributed by atoms with Crippen LogP contribution in [-0.2, 0) is 9.13 Å². The summed E-state index contributed by atoms with van der Waals surface area (Å²) >= 11 is 0. The van der Waals surface area contributed by atoms with E-state index in [4.69, 9.17) is 24.8 Å². The summed E-state index contributed by atoms with van der Waals surface area (Å²) in [5.74, 6) is 0. The zero-order chi connectivity index (χ0) is 14.0. The van der Waals surface area contributed by atoms with Crippen molar-refractivity contribution >= 4 is 20.9 Å². The summed E-state index contributed by atoms with van der Waals surface area (Å²) < 4.78 is 22.0. The van der Waals surface area contributed by atoms with E-state index < -0.39 is 20.7 Å². The van der Waals surface area contributed by atoms with Gasteiger partial charge in [0.05, 0.1) is 11.6 Å². The monoisotopic (exact) mass is 292 g/mol. The molecule has 0 unspecified atom stereocenters. The first-order valence-electron chi connectivity index (χ1n) is 4.52. The van der Waals surface area contributed by atoms with Gasteiger partial charge in [0, 0.05) is 5.69 Å². The molecule has 0 heterocycles. The van der Waals surface area contributed by atoms with E-state index in [0.717, 1.165) is 0 Å². The molecule has 0 spiro atoms. The lowest BCUT2D eigenvalue weighted by Crippen LogP contribution is -2.19. The molecule has 98 valence electrons. The number of benzene rings is 1. The largest absolute Gasteiger partial charge is 0.362 e. The molecule has 0 saturated carbocycles. The Hall–Kier alpha value is -1.19. The molecular formula is C8H10N2O6P2. The van der Waals surface area contributed by atoms with Crippen LogP contribution in [-0.4, -0.2) is 25.1 Å². The first kappa shape index (κ1) is 14.9. The third kappa shape index (κ3) is 3.93. The van der Waals surface area contributed by atoms with Gasteiger partial charge in [0.15, 0.2) is 0 Å². The number of nitrogens with zero attached hydrogens (tertiary/aromatic N) is 1. The van der Waals surface area contributed by atoms with E-state index in [-0.39, 0.29) is 5.69 Å². The Morgan fingerprint density at radius 3 is 1.83 bits per heavy atom. The number of anilines is 1. The fourth-order valence-corrected chi connectivity index (χ4v) is 3.36. The topological polar surface area (TPSA) is 151 Å². The third-order valence-corrected chi connectivity index (χ3v) is 5.28. The van der Waals surface area contributed by atoms with Gasteiger partial charge in [0.1, 0.15) is 0 Å². The molecule has 0 aliphatic rings. The molecule has 10 heteroatoms. The number of hydrogen-bond acceptors (Lipinski definition) is 4. The fraction of sp³-hybridized carbons (Fsp3) is 0.125. The van der Waals surface area contributed by atoms with Crippen molar-refractivity contribution in [1.82, 2.24) is 0 Å². The summed E-state index contributed by atoms with van der Waals surface area (Å²) in [5, 5.41) is 10.6. The van der Waals surface area contributed by atoms with E-state index in [1.807, 2.05) is 6.07 Å². The summed E-state index contributed by atoms with van der Waals surface area (Å²) in [6, 6.07) is 7.10. The average molecular weight is 292 g/mol. The van der Waals surface area contributed by atoms with Crippen LogP contribution in [0.25, 0.3) is 0 Å². The van der Waals surface area contributed by atoms with E-state index in [2.05, 4.69) is 5.32 Å². The quantitative estimate of drug-likeness (QED) is 0.506. The predicted molar refractivity (Wildman–Crippen MR) is 62.7 cm³/mol. The van der Waals surface area contributed by atoms with Crippen molar-refractivity contribution < 1.29 is 28.7 Å². The van der Waals surface area contributed by atoms with E-state index >= 15 is 0 Å². The van der Waals surface area contributed by atoms with Crippen molar-refractivity contribution in [3.8, 4) is 6.07 Å². The smallest absolute Gasteiger partial charge is 0.360 e. The minimum Gasteiger partial charge on any atom is -0.362 e. The van der Waals surface area contributed by atoms with Gasteiger partial charge in [-0.2, -0.15) is 5.26 Å². The van der Waals surface area contributed by atoms with E-state index in [1.165, 1.54) is 24.3 Å². The maximum atomic E-state index is 11.0. The molecule has 0 aromatic heterocycles. The molecule has 0 saturated heterocycles. The molecule has 0 amide bonds. The van der Waals surface area contributed by atoms with Gasteiger partial charge < -0.3 is 24.9 Å². The highest BCUT2D eigenvalue weighted by atomic mass is 31.2. The highest BCUT2D eigenvalue weighted by Gasteiger charge is 2.43. The van der Waals surface area contributed by atoms with E-state index in [0.29, 0.717) is 5.56 Å². The minimum atomic E-state index is -5.02. The highest BCUT2D eigenvalue weighted by Crippen LogP contribution is 2.59. The minimum absolute atomic E-state index is 0.0886. The molecule has 0 bridgehead atoms. The Bertz CT molecular complexity index is 532. The van der Waals surface area contributed by atoms with Crippen LogP contribution in [0, 0.1) is 11.3 Å². The second-order valence-electron chi connectivity index (χ2n) is 3.39. The Morgan fingerprint density at radius 1 is 1.06 bits per heavy atom. The molecule has 1 aromatic rings. The lowest BCUT2D eigenvalue weighted by molar-refractivity contribution is 0.343. The second kappa shape index (κ2) is 5.21. The molecule has 0 aliphatic carbocycles. The summed E-state index contributed by atoms with van der Waals surface area (Å²) in [5.41, 5.74) is -1.91. The van der Waals surface area contributed by atoms with Crippen LogP contribution in [0.15, 0.2) is 24.3 Å². The van der Waals surface area contributed by atoms with Crippen molar-refractivity contribution in [2.75, 3.05) is 5.32 Å². The van der Waals surface area contributed by atoms with Crippen molar-refractivity contribution in [2.45, 2.75) is 5.52 Å². The van der Waals surface area contributed by atoms with Crippen LogP contribution in [0.1, 0.15) is 5.56 Å². The van der Waals surface area contributed by atoms with Gasteiger partial charge in [-0.1, -0.05) is 0 Å². The zero-order valence-electron chi connectivity index (χ0n) is 8.83. The standard InChI is InChI=1S/C8H10N2O6P2/c9-5-6-1-3-7(4-2-6)10-8(17(11,12)13)18(14,15)16/h1-4,8,10H,(H2,11,12,13)(H2,14,15,16). The highest BCUT2D eigenvalue weighted by molar-refractivity contribution is 7.71. The maximum Gasteiger partial charge on any atom is 0.360 e. The summed E-state index contributed by atoms with van der Waals surface area (Å²) in [4.78, 5) is 35.5. The van der Waals surface area contributed by atoms with Gasteiger partial charge in [-0.15, -0.1) is 0 Å². The van der Waals surface area contributed by atoms with Crippen molar-refractivity contribution in [3.63, 3.8) is 0 Å². The summed E-state index contributed by atoms with van der Waals surface area (Å²) in [6.07, 6.45) is 0. The molecule has 5 N–H and O–H groups in total. The van der Waals surface area contributed by atoms with Crippen LogP contribution >= 0.6 is 15.2 Å². The average Bonchev–Trinajstić information content (AvgIpc) is 2.23. The second-order valence-corrected chi connectivity index (χ2v) is 7.18. The molecule has 0 aliphatic heterocycles. The number of rotatable bonds is 4. The van der Waals surface area contributed by atoms with Gasteiger partial charge >= 0.3 is 15.2 Å². The van der Waals surface area contributed by atoms with Crippen molar-refractivity contribution in [3.05, 3.63) is 29.8 Å². The number of nitrogens with one attached hydrogen (secondary N) is 1. The number of nitriles is 1. The maximum absolute atomic E-state index is 11.0. The first-order chi connectivity index (χ1) is 8.14. The SMILES string of the molecule is N#Cc1ccc(NC(P(=O)(O)O)P(=O)(O)O)cc1. The third-order valence-electron chi connectivity index (χ3n) is 1.95. The summed E-state index contributed by atoms with van der Waals surface area (Å²) in [7, 11) is -10.0. The summed E-state index contributed by atoms with van der Waals surface area (Å²) in [6.45, 7) is 0. The van der Waals surface area contributed by atoms with E-state index in [1.54, 1.807) is 0 Å². The predicted octanol–water partition coefficient (Wildman–Crippen LogP) is 0.609. The van der Waals surface area contributed by atoms with Crippen LogP contribution in [0.2, 0.25) is 0 Å². The van der Waals surface area contributed by atoms with Gasteiger partial charge in [0.25, 0.3) is 0 Å². The molecule has 1 aromatic carbocycles. The van der Waals surface area contributed by atoms with Crippen LogP contribution < -0.4 is 5.32 Å². The van der Waals surface area contributed by atoms with Crippen molar-refractivity contribution in [1.29, 1.82) is 5.26 Å². The van der Waals surface area contributed by atoms with E-state index in [9.17, 15) is 9.13 Å². The zero-order valence-corrected chi connectivity index (χ0v) is 10.6. The Labute approximate surface area is 102 Å². The molecular weight excluding hydrogens is 282 g/mol. The van der Waals surface area contributed by atoms with Crippen LogP contribution in [0.5, 0.6) is 0 Å². The molecule has 8 nitrogen and oxygen atoms in total. The lowest BCUT2D eigenvalue weighted by atomic mass is 10.2. The molecule has 0 radical (unpaired) electrons. The lowest BCUT2D eigenvalue weighted by Gasteiger charge is -2.21. The first-order valence-corrected chi connectivity index (χ1v) is 7.88. The Balaban J connectivity index is 3.02. The van der Waals surface area contributed by atoms with Crippen LogP contribution in [0.3, 0.4) is 0 Å². The fourth-order valence-electron chi connectivity index (χ4n) is 1.15. The number of hydrogen-bond donors (Lipinski definition) is 5. The molecule has 0 fully saturated rings. The Morgan fingerprint density at radius 2 is 1.50 bits per heavy atom. The molecule has 18 heavy (non-hydrogen) atoms. The molecule has 1 rings (SSSR count). The van der Waals surface area contributed by atoms with Crippen LogP contribution in [0.4, 0.5) is 5.69 Å². The van der Waals surface area contributed by atoms with Gasteiger partial charge in [-0.3, -0.25) is 9.13 Å². The van der Waals surface area contributed by atoms with Gasteiger partial charge in [0.2, 0.25) is 5.52 Å². The van der Waals surface area contributed by atoms with Crippen molar-refractivity contribution in [2.24, 2.45) is 0 Å². The van der Waals surface area contributed by atoms with Gasteiger partial charge in [-0.25, -0.2) is 0 Å². The normalized spacial score (nSPS) is 12.2. The Kier molecular flexibility index (Phi) is 4.30.